The minimum absolute atomic E-state index is 0.197. The molecular formula is C20H19NO4. The smallest absolute Gasteiger partial charge is 0.307 e. The normalized spacial score (nSPS) is 19.0. The largest absolute Gasteiger partial charge is 0.497 e. The minimum Gasteiger partial charge on any atom is -0.497 e. The van der Waals surface area contributed by atoms with Crippen molar-refractivity contribution in [3.8, 4) is 11.5 Å². The van der Waals surface area contributed by atoms with Gasteiger partial charge in [-0.1, -0.05) is 12.1 Å². The summed E-state index contributed by atoms with van der Waals surface area (Å²) in [5.41, 5.74) is 4.04. The van der Waals surface area contributed by atoms with Gasteiger partial charge < -0.3 is 19.6 Å². The number of carboxylic acid groups (broad SMARTS) is 1. The van der Waals surface area contributed by atoms with Crippen LogP contribution in [0.15, 0.2) is 42.5 Å². The third-order valence-corrected chi connectivity index (χ3v) is 5.08. The first kappa shape index (κ1) is 15.6. The summed E-state index contributed by atoms with van der Waals surface area (Å²) in [4.78, 5) is 15.3. The molecule has 0 amide bonds. The van der Waals surface area contributed by atoms with E-state index < -0.39 is 11.9 Å². The van der Waals surface area contributed by atoms with E-state index in [4.69, 9.17) is 9.47 Å². The highest BCUT2D eigenvalue weighted by Crippen LogP contribution is 2.46. The molecule has 2 N–H and O–H groups in total. The summed E-state index contributed by atoms with van der Waals surface area (Å²) in [5, 5.41) is 10.8. The molecule has 2 atom stereocenters. The van der Waals surface area contributed by atoms with Crippen LogP contribution in [0.25, 0.3) is 10.9 Å². The number of benzene rings is 2. The van der Waals surface area contributed by atoms with Gasteiger partial charge in [0.15, 0.2) is 0 Å². The number of carboxylic acids is 1. The molecule has 0 bridgehead atoms. The second kappa shape index (κ2) is 5.84. The zero-order valence-corrected chi connectivity index (χ0v) is 14.1. The highest BCUT2D eigenvalue weighted by molar-refractivity contribution is 5.89. The average Bonchev–Trinajstić information content (AvgIpc) is 3.17. The van der Waals surface area contributed by atoms with Gasteiger partial charge in [-0.2, -0.15) is 0 Å². The van der Waals surface area contributed by atoms with Gasteiger partial charge in [0, 0.05) is 22.5 Å². The predicted molar refractivity (Wildman–Crippen MR) is 94.5 cm³/mol. The first-order valence-corrected chi connectivity index (χ1v) is 8.17. The van der Waals surface area contributed by atoms with Crippen LogP contribution in [0.3, 0.4) is 0 Å². The molecule has 0 radical (unpaired) electrons. The summed E-state index contributed by atoms with van der Waals surface area (Å²) < 4.78 is 10.5. The van der Waals surface area contributed by atoms with E-state index in [0.717, 1.165) is 39.2 Å². The summed E-state index contributed by atoms with van der Waals surface area (Å²) in [5.74, 6) is 0.0767. The Labute approximate surface area is 145 Å². The molecule has 5 nitrogen and oxygen atoms in total. The van der Waals surface area contributed by atoms with E-state index in [1.165, 1.54) is 0 Å². The van der Waals surface area contributed by atoms with Crippen LogP contribution >= 0.6 is 0 Å². The van der Waals surface area contributed by atoms with Crippen molar-refractivity contribution in [3.05, 3.63) is 59.3 Å². The van der Waals surface area contributed by atoms with Crippen LogP contribution in [0, 0.1) is 5.92 Å². The van der Waals surface area contributed by atoms with Crippen molar-refractivity contribution in [1.82, 2.24) is 4.98 Å². The number of aliphatic carboxylic acids is 1. The van der Waals surface area contributed by atoms with Crippen molar-refractivity contribution >= 4 is 16.9 Å². The lowest BCUT2D eigenvalue weighted by Crippen LogP contribution is -2.20. The Balaban J connectivity index is 1.86. The molecule has 0 unspecified atom stereocenters. The van der Waals surface area contributed by atoms with Gasteiger partial charge in [-0.05, 0) is 47.9 Å². The molecule has 1 aliphatic carbocycles. The number of methoxy groups -OCH3 is 2. The number of nitrogens with one attached hydrogen (secondary N) is 1. The zero-order chi connectivity index (χ0) is 17.6. The molecule has 4 rings (SSSR count). The van der Waals surface area contributed by atoms with Gasteiger partial charge >= 0.3 is 5.97 Å². The third-order valence-electron chi connectivity index (χ3n) is 5.08. The Morgan fingerprint density at radius 3 is 2.40 bits per heavy atom. The van der Waals surface area contributed by atoms with E-state index in [-0.39, 0.29) is 5.92 Å². The third kappa shape index (κ3) is 2.43. The monoisotopic (exact) mass is 337 g/mol. The topological polar surface area (TPSA) is 71.5 Å². The number of fused-ring (bicyclic) bond motifs is 3. The average molecular weight is 337 g/mol. The van der Waals surface area contributed by atoms with E-state index in [1.54, 1.807) is 14.2 Å². The Hall–Kier alpha value is -2.95. The number of hydrogen-bond acceptors (Lipinski definition) is 3. The molecule has 0 spiro atoms. The summed E-state index contributed by atoms with van der Waals surface area (Å²) in [6.07, 6.45) is 0.508. The summed E-state index contributed by atoms with van der Waals surface area (Å²) in [7, 11) is 3.25. The predicted octanol–water partition coefficient (Wildman–Crippen LogP) is 3.57. The molecule has 1 heterocycles. The lowest BCUT2D eigenvalue weighted by molar-refractivity contribution is -0.141. The molecule has 0 saturated heterocycles. The van der Waals surface area contributed by atoms with Gasteiger partial charge in [-0.3, -0.25) is 4.79 Å². The fraction of sp³-hybridized carbons (Fsp3) is 0.250. The fourth-order valence-electron chi connectivity index (χ4n) is 3.84. The van der Waals surface area contributed by atoms with Crippen LogP contribution in [0.1, 0.15) is 22.7 Å². The number of rotatable bonds is 4. The van der Waals surface area contributed by atoms with E-state index in [9.17, 15) is 9.90 Å². The van der Waals surface area contributed by atoms with E-state index >= 15 is 0 Å². The van der Waals surface area contributed by atoms with Crippen LogP contribution < -0.4 is 9.47 Å². The van der Waals surface area contributed by atoms with Gasteiger partial charge in [0.25, 0.3) is 0 Å². The molecular weight excluding hydrogens is 318 g/mol. The highest BCUT2D eigenvalue weighted by atomic mass is 16.5. The van der Waals surface area contributed by atoms with E-state index in [1.807, 2.05) is 42.5 Å². The molecule has 1 aliphatic rings. The van der Waals surface area contributed by atoms with E-state index in [2.05, 4.69) is 4.98 Å². The van der Waals surface area contributed by atoms with Gasteiger partial charge in [0.05, 0.1) is 20.1 Å². The van der Waals surface area contributed by atoms with Crippen molar-refractivity contribution in [2.24, 2.45) is 5.92 Å². The lowest BCUT2D eigenvalue weighted by Gasteiger charge is -2.17. The van der Waals surface area contributed by atoms with Crippen molar-refractivity contribution in [2.75, 3.05) is 14.2 Å². The maximum Gasteiger partial charge on any atom is 0.307 e. The number of aromatic amines is 1. The van der Waals surface area contributed by atoms with Crippen LogP contribution in [-0.2, 0) is 11.2 Å². The van der Waals surface area contributed by atoms with Gasteiger partial charge in [-0.15, -0.1) is 0 Å². The van der Waals surface area contributed by atoms with Crippen molar-refractivity contribution < 1.29 is 19.4 Å². The van der Waals surface area contributed by atoms with E-state index in [0.29, 0.717) is 6.42 Å². The first-order chi connectivity index (χ1) is 12.1. The summed E-state index contributed by atoms with van der Waals surface area (Å²) in [6, 6.07) is 13.5. The van der Waals surface area contributed by atoms with Gasteiger partial charge in [0.2, 0.25) is 0 Å². The summed E-state index contributed by atoms with van der Waals surface area (Å²) in [6.45, 7) is 0. The molecule has 3 aromatic rings. The summed E-state index contributed by atoms with van der Waals surface area (Å²) >= 11 is 0. The standard InChI is InChI=1S/C20H19NO4/c1-24-12-5-3-11(4-6-12)18-16(20(22)23)10-15-14-9-13(25-2)7-8-17(14)21-19(15)18/h3-9,16,18,21H,10H2,1-2H3,(H,22,23)/t16-,18+/m1/s1. The number of carbonyl (C=O) groups is 1. The SMILES string of the molecule is COc1ccc([C@@H]2c3[nH]c4ccc(OC)cc4c3C[C@H]2C(=O)O)cc1. The Morgan fingerprint density at radius 2 is 1.76 bits per heavy atom. The van der Waals surface area contributed by atoms with Gasteiger partial charge in [0.1, 0.15) is 11.5 Å². The maximum absolute atomic E-state index is 11.9. The fourth-order valence-corrected chi connectivity index (χ4v) is 3.84. The van der Waals surface area contributed by atoms with Gasteiger partial charge in [-0.25, -0.2) is 0 Å². The number of aromatic nitrogens is 1. The van der Waals surface area contributed by atoms with Crippen LogP contribution in [0.5, 0.6) is 11.5 Å². The molecule has 128 valence electrons. The first-order valence-electron chi connectivity index (χ1n) is 8.17. The Kier molecular flexibility index (Phi) is 3.64. The quantitative estimate of drug-likeness (QED) is 0.763. The van der Waals surface area contributed by atoms with Crippen molar-refractivity contribution in [2.45, 2.75) is 12.3 Å². The zero-order valence-electron chi connectivity index (χ0n) is 14.1. The second-order valence-corrected chi connectivity index (χ2v) is 6.33. The highest BCUT2D eigenvalue weighted by Gasteiger charge is 2.40. The van der Waals surface area contributed by atoms with Crippen molar-refractivity contribution in [1.29, 1.82) is 0 Å². The minimum atomic E-state index is -0.776. The van der Waals surface area contributed by atoms with Crippen molar-refractivity contribution in [3.63, 3.8) is 0 Å². The molecule has 5 heteroatoms. The lowest BCUT2D eigenvalue weighted by atomic mass is 9.88. The molecule has 0 saturated carbocycles. The van der Waals surface area contributed by atoms with Crippen LogP contribution in [-0.4, -0.2) is 30.3 Å². The molecule has 1 aromatic heterocycles. The number of ether oxygens (including phenoxy) is 2. The maximum atomic E-state index is 11.9. The Bertz CT molecular complexity index is 942. The molecule has 25 heavy (non-hydrogen) atoms. The second-order valence-electron chi connectivity index (χ2n) is 6.33. The number of H-pyrrole nitrogens is 1. The van der Waals surface area contributed by atoms with Crippen LogP contribution in [0.4, 0.5) is 0 Å². The molecule has 0 fully saturated rings. The number of hydrogen-bond donors (Lipinski definition) is 2. The van der Waals surface area contributed by atoms with Crippen LogP contribution in [0.2, 0.25) is 0 Å². The molecule has 0 aliphatic heterocycles. The molecule has 2 aromatic carbocycles. The Morgan fingerprint density at radius 1 is 1.08 bits per heavy atom.